The molecule has 0 spiro atoms. The highest BCUT2D eigenvalue weighted by Crippen LogP contribution is 2.23. The summed E-state index contributed by atoms with van der Waals surface area (Å²) in [5.74, 6) is 0. The number of hydrogen-bond acceptors (Lipinski definition) is 0. The van der Waals surface area contributed by atoms with Crippen molar-refractivity contribution in [3.63, 3.8) is 0 Å². The minimum absolute atomic E-state index is 1.06. The summed E-state index contributed by atoms with van der Waals surface area (Å²) >= 11 is 0. The van der Waals surface area contributed by atoms with Crippen LogP contribution >= 0.6 is 0 Å². The second kappa shape index (κ2) is 4.45. The van der Waals surface area contributed by atoms with Gasteiger partial charge in [0.1, 0.15) is 0 Å². The van der Waals surface area contributed by atoms with Crippen molar-refractivity contribution >= 4 is 13.6 Å². The highest BCUT2D eigenvalue weighted by Gasteiger charge is 2.15. The molecule has 0 saturated carbocycles. The molecule has 0 N–H and O–H groups in total. The van der Waals surface area contributed by atoms with Crippen LogP contribution in [0, 0.1) is 0 Å². The van der Waals surface area contributed by atoms with Crippen molar-refractivity contribution in [1.29, 1.82) is 0 Å². The Labute approximate surface area is 88.0 Å². The quantitative estimate of drug-likeness (QED) is 0.509. The van der Waals surface area contributed by atoms with Crippen LogP contribution in [0.1, 0.15) is 5.56 Å². The summed E-state index contributed by atoms with van der Waals surface area (Å²) in [7, 11) is -1.06. The molecule has 0 aliphatic heterocycles. The van der Waals surface area contributed by atoms with E-state index in [1.54, 1.807) is 0 Å². The second-order valence-electron chi connectivity index (χ2n) is 4.76. The molecular weight excluding hydrogens is 184 g/mol. The van der Waals surface area contributed by atoms with Gasteiger partial charge in [-0.3, -0.25) is 0 Å². The maximum atomic E-state index is 3.78. The van der Waals surface area contributed by atoms with Crippen LogP contribution in [0.15, 0.2) is 42.6 Å². The lowest BCUT2D eigenvalue weighted by Crippen LogP contribution is -2.19. The van der Waals surface area contributed by atoms with Crippen LogP contribution in [0.5, 0.6) is 0 Å². The van der Waals surface area contributed by atoms with E-state index in [2.05, 4.69) is 56.2 Å². The lowest BCUT2D eigenvalue weighted by molar-refractivity contribution is 1.48. The van der Waals surface area contributed by atoms with Gasteiger partial charge in [-0.05, 0) is 17.2 Å². The zero-order chi connectivity index (χ0) is 10.6. The fourth-order valence-corrected chi connectivity index (χ4v) is 2.83. The summed E-state index contributed by atoms with van der Waals surface area (Å²) in [6.45, 7) is 10.9. The largest absolute Gasteiger partial charge is 0.125 e. The van der Waals surface area contributed by atoms with Crippen molar-refractivity contribution in [2.75, 3.05) is 0 Å². The van der Waals surface area contributed by atoms with Gasteiger partial charge in [0.15, 0.2) is 0 Å². The van der Waals surface area contributed by atoms with Gasteiger partial charge in [0.2, 0.25) is 0 Å². The molecule has 0 heterocycles. The highest BCUT2D eigenvalue weighted by molar-refractivity contribution is 6.77. The molecule has 74 valence electrons. The SMILES string of the molecule is C=C=C(C[Si](C)(C)C)c1ccccc1. The van der Waals surface area contributed by atoms with Crippen LogP contribution in [0.25, 0.3) is 5.57 Å². The molecule has 1 aromatic carbocycles. The van der Waals surface area contributed by atoms with Crippen molar-refractivity contribution < 1.29 is 0 Å². The van der Waals surface area contributed by atoms with E-state index >= 15 is 0 Å². The normalized spacial score (nSPS) is 10.8. The van der Waals surface area contributed by atoms with Gasteiger partial charge >= 0.3 is 0 Å². The summed E-state index contributed by atoms with van der Waals surface area (Å²) in [5, 5.41) is 0. The Morgan fingerprint density at radius 3 is 2.21 bits per heavy atom. The van der Waals surface area contributed by atoms with E-state index in [4.69, 9.17) is 0 Å². The zero-order valence-corrected chi connectivity index (χ0v) is 10.3. The van der Waals surface area contributed by atoms with Gasteiger partial charge in [0.05, 0.1) is 0 Å². The predicted octanol–water partition coefficient (Wildman–Crippen LogP) is 4.19. The van der Waals surface area contributed by atoms with Gasteiger partial charge < -0.3 is 0 Å². The van der Waals surface area contributed by atoms with E-state index in [0.29, 0.717) is 0 Å². The molecule has 0 unspecified atom stereocenters. The fraction of sp³-hybridized carbons (Fsp3) is 0.308. The molecule has 0 aromatic heterocycles. The van der Waals surface area contributed by atoms with Gasteiger partial charge in [-0.2, -0.15) is 0 Å². The summed E-state index contributed by atoms with van der Waals surface area (Å²) in [4.78, 5) is 0. The maximum absolute atomic E-state index is 3.78. The molecule has 1 aromatic rings. The van der Waals surface area contributed by atoms with Crippen molar-refractivity contribution in [3.05, 3.63) is 48.2 Å². The number of allylic oxidation sites excluding steroid dienone is 1. The molecule has 0 atom stereocenters. The first-order chi connectivity index (χ1) is 6.53. The fourth-order valence-electron chi connectivity index (χ4n) is 1.44. The molecule has 1 heteroatoms. The van der Waals surface area contributed by atoms with Gasteiger partial charge in [-0.25, -0.2) is 0 Å². The molecule has 0 saturated heterocycles. The van der Waals surface area contributed by atoms with E-state index in [1.807, 2.05) is 6.07 Å². The number of rotatable bonds is 3. The van der Waals surface area contributed by atoms with Crippen LogP contribution in [-0.4, -0.2) is 8.07 Å². The number of hydrogen-bond donors (Lipinski definition) is 0. The lowest BCUT2D eigenvalue weighted by Gasteiger charge is -2.17. The molecule has 0 amide bonds. The van der Waals surface area contributed by atoms with E-state index in [0.717, 1.165) is 6.04 Å². The minimum atomic E-state index is -1.06. The Balaban J connectivity index is 2.91. The Bertz CT molecular complexity index is 337. The zero-order valence-electron chi connectivity index (χ0n) is 9.30. The van der Waals surface area contributed by atoms with Crippen LogP contribution in [0.3, 0.4) is 0 Å². The molecule has 1 rings (SSSR count). The second-order valence-corrected chi connectivity index (χ2v) is 10.2. The van der Waals surface area contributed by atoms with Crippen LogP contribution in [0.2, 0.25) is 25.7 Å². The third-order valence-corrected chi connectivity index (χ3v) is 3.46. The maximum Gasteiger partial charge on any atom is 0.0495 e. The van der Waals surface area contributed by atoms with Crippen molar-refractivity contribution in [1.82, 2.24) is 0 Å². The van der Waals surface area contributed by atoms with E-state index < -0.39 is 8.07 Å². The molecule has 0 aliphatic rings. The molecular formula is C13H18Si. The Morgan fingerprint density at radius 1 is 1.21 bits per heavy atom. The molecule has 0 fully saturated rings. The standard InChI is InChI=1S/C13H18Si/c1-5-12(11-14(2,3)4)13-9-7-6-8-10-13/h6-10H,1,11H2,2-4H3. The summed E-state index contributed by atoms with van der Waals surface area (Å²) in [5.41, 5.74) is 5.61. The summed E-state index contributed by atoms with van der Waals surface area (Å²) < 4.78 is 0. The van der Waals surface area contributed by atoms with E-state index in [1.165, 1.54) is 11.1 Å². The highest BCUT2D eigenvalue weighted by atomic mass is 28.3. The smallest absolute Gasteiger partial charge is 0.0495 e. The first kappa shape index (κ1) is 11.0. The third-order valence-electron chi connectivity index (χ3n) is 2.04. The first-order valence-electron chi connectivity index (χ1n) is 4.97. The Morgan fingerprint density at radius 2 is 1.79 bits per heavy atom. The topological polar surface area (TPSA) is 0 Å². The Hall–Kier alpha value is -1.04. The summed E-state index contributed by atoms with van der Waals surface area (Å²) in [6.07, 6.45) is 0. The predicted molar refractivity (Wildman–Crippen MR) is 67.1 cm³/mol. The van der Waals surface area contributed by atoms with Crippen molar-refractivity contribution in [3.8, 4) is 0 Å². The summed E-state index contributed by atoms with van der Waals surface area (Å²) in [6, 6.07) is 11.6. The Kier molecular flexibility index (Phi) is 3.51. The molecule has 0 nitrogen and oxygen atoms in total. The lowest BCUT2D eigenvalue weighted by atomic mass is 10.1. The number of benzene rings is 1. The minimum Gasteiger partial charge on any atom is -0.125 e. The van der Waals surface area contributed by atoms with Crippen molar-refractivity contribution in [2.24, 2.45) is 0 Å². The molecule has 0 bridgehead atoms. The average molecular weight is 202 g/mol. The van der Waals surface area contributed by atoms with Crippen LogP contribution in [0.4, 0.5) is 0 Å². The third kappa shape index (κ3) is 3.37. The van der Waals surface area contributed by atoms with E-state index in [9.17, 15) is 0 Å². The van der Waals surface area contributed by atoms with Crippen LogP contribution < -0.4 is 0 Å². The van der Waals surface area contributed by atoms with Crippen molar-refractivity contribution in [2.45, 2.75) is 25.7 Å². The van der Waals surface area contributed by atoms with Gasteiger partial charge in [-0.15, -0.1) is 5.73 Å². The molecule has 14 heavy (non-hydrogen) atoms. The van der Waals surface area contributed by atoms with E-state index in [-0.39, 0.29) is 0 Å². The molecule has 0 radical (unpaired) electrons. The molecule has 0 aliphatic carbocycles. The first-order valence-corrected chi connectivity index (χ1v) is 8.68. The van der Waals surface area contributed by atoms with Gasteiger partial charge in [0, 0.05) is 8.07 Å². The van der Waals surface area contributed by atoms with Crippen LogP contribution in [-0.2, 0) is 0 Å². The van der Waals surface area contributed by atoms with Gasteiger partial charge in [-0.1, -0.05) is 56.6 Å². The monoisotopic (exact) mass is 202 g/mol. The average Bonchev–Trinajstić information content (AvgIpc) is 2.14. The van der Waals surface area contributed by atoms with Gasteiger partial charge in [0.25, 0.3) is 0 Å².